The molecule has 0 spiro atoms. The van der Waals surface area contributed by atoms with Crippen molar-refractivity contribution in [2.24, 2.45) is 0 Å². The average molecular weight is 246 g/mol. The molecule has 4 nitrogen and oxygen atoms in total. The summed E-state index contributed by atoms with van der Waals surface area (Å²) in [5.41, 5.74) is 1.18. The molecule has 1 aromatic heterocycles. The molecule has 0 amide bonds. The summed E-state index contributed by atoms with van der Waals surface area (Å²) in [5, 5.41) is 0. The summed E-state index contributed by atoms with van der Waals surface area (Å²) in [6.07, 6.45) is 1.59. The maximum absolute atomic E-state index is 5.47. The summed E-state index contributed by atoms with van der Waals surface area (Å²) in [5.74, 6) is 1.19. The quantitative estimate of drug-likeness (QED) is 0.829. The van der Waals surface area contributed by atoms with Gasteiger partial charge in [-0.2, -0.15) is 4.98 Å². The van der Waals surface area contributed by atoms with Crippen LogP contribution in [0.25, 0.3) is 0 Å². The molecule has 0 saturated carbocycles. The van der Waals surface area contributed by atoms with Gasteiger partial charge in [0.05, 0.1) is 7.11 Å². The Morgan fingerprint density at radius 3 is 2.28 bits per heavy atom. The Kier molecular flexibility index (Phi) is 5.64. The number of aromatic nitrogens is 2. The lowest BCUT2D eigenvalue weighted by Gasteiger charge is -2.04. The van der Waals surface area contributed by atoms with Crippen molar-refractivity contribution in [1.29, 1.82) is 0 Å². The Hall–Kier alpha value is -2.10. The third kappa shape index (κ3) is 4.05. The number of methoxy groups -OCH3 is 1. The molecule has 0 N–H and O–H groups in total. The summed E-state index contributed by atoms with van der Waals surface area (Å²) >= 11 is 0. The van der Waals surface area contributed by atoms with Crippen LogP contribution in [0.3, 0.4) is 0 Å². The van der Waals surface area contributed by atoms with Gasteiger partial charge in [-0.25, -0.2) is 4.98 Å². The molecule has 0 aliphatic rings. The fraction of sp³-hybridized carbons (Fsp3) is 0.286. The van der Waals surface area contributed by atoms with Crippen LogP contribution in [0, 0.1) is 6.92 Å². The molecule has 1 aromatic carbocycles. The van der Waals surface area contributed by atoms with Gasteiger partial charge in [0.1, 0.15) is 5.75 Å². The molecule has 0 saturated heterocycles. The Labute approximate surface area is 108 Å². The van der Waals surface area contributed by atoms with Gasteiger partial charge in [-0.15, -0.1) is 0 Å². The molecule has 2 rings (SSSR count). The highest BCUT2D eigenvalue weighted by molar-refractivity contribution is 5.28. The maximum atomic E-state index is 5.47. The highest BCUT2D eigenvalue weighted by Gasteiger charge is 2.01. The van der Waals surface area contributed by atoms with E-state index in [4.69, 9.17) is 9.47 Å². The van der Waals surface area contributed by atoms with E-state index in [1.165, 1.54) is 5.56 Å². The summed E-state index contributed by atoms with van der Waals surface area (Å²) in [4.78, 5) is 8.05. The fourth-order valence-corrected chi connectivity index (χ4v) is 1.20. The van der Waals surface area contributed by atoms with Crippen LogP contribution in [0.1, 0.15) is 19.4 Å². The Morgan fingerprint density at radius 2 is 1.67 bits per heavy atom. The summed E-state index contributed by atoms with van der Waals surface area (Å²) < 4.78 is 10.5. The molecular formula is C14H18N2O2. The minimum Gasteiger partial charge on any atom is -0.481 e. The van der Waals surface area contributed by atoms with Crippen LogP contribution in [0.5, 0.6) is 17.6 Å². The Balaban J connectivity index is 0.000000771. The van der Waals surface area contributed by atoms with Crippen molar-refractivity contribution in [3.05, 3.63) is 42.1 Å². The van der Waals surface area contributed by atoms with Crippen LogP contribution in [0.2, 0.25) is 0 Å². The molecule has 0 fully saturated rings. The molecule has 2 aromatic rings. The van der Waals surface area contributed by atoms with Crippen molar-refractivity contribution in [3.63, 3.8) is 0 Å². The monoisotopic (exact) mass is 246 g/mol. The van der Waals surface area contributed by atoms with Crippen LogP contribution in [0.4, 0.5) is 0 Å². The summed E-state index contributed by atoms with van der Waals surface area (Å²) in [6, 6.07) is 9.63. The van der Waals surface area contributed by atoms with Crippen LogP contribution in [-0.2, 0) is 0 Å². The number of aryl methyl sites for hydroxylation is 1. The molecular weight excluding hydrogens is 228 g/mol. The zero-order chi connectivity index (χ0) is 13.4. The van der Waals surface area contributed by atoms with Gasteiger partial charge < -0.3 is 9.47 Å². The lowest BCUT2D eigenvalue weighted by molar-refractivity contribution is 0.376. The van der Waals surface area contributed by atoms with Crippen molar-refractivity contribution in [3.8, 4) is 17.6 Å². The molecule has 0 aliphatic carbocycles. The van der Waals surface area contributed by atoms with Crippen molar-refractivity contribution in [2.45, 2.75) is 20.8 Å². The second-order valence-corrected chi connectivity index (χ2v) is 3.30. The van der Waals surface area contributed by atoms with Gasteiger partial charge in [-0.1, -0.05) is 31.5 Å². The average Bonchev–Trinajstić information content (AvgIpc) is 2.44. The first-order valence-corrected chi connectivity index (χ1v) is 5.89. The van der Waals surface area contributed by atoms with Crippen LogP contribution in [0.15, 0.2) is 36.5 Å². The number of nitrogens with zero attached hydrogens (tertiary/aromatic N) is 2. The first-order valence-electron chi connectivity index (χ1n) is 5.89. The Bertz CT molecular complexity index is 469. The number of hydrogen-bond acceptors (Lipinski definition) is 4. The van der Waals surface area contributed by atoms with Crippen molar-refractivity contribution < 1.29 is 9.47 Å². The van der Waals surface area contributed by atoms with E-state index in [1.54, 1.807) is 19.4 Å². The number of rotatable bonds is 3. The molecule has 0 aliphatic heterocycles. The van der Waals surface area contributed by atoms with Crippen LogP contribution >= 0.6 is 0 Å². The molecule has 4 heteroatoms. The van der Waals surface area contributed by atoms with E-state index in [2.05, 4.69) is 9.97 Å². The highest BCUT2D eigenvalue weighted by Crippen LogP contribution is 2.19. The van der Waals surface area contributed by atoms with Crippen LogP contribution in [-0.4, -0.2) is 17.1 Å². The minimum absolute atomic E-state index is 0.281. The van der Waals surface area contributed by atoms with E-state index >= 15 is 0 Å². The van der Waals surface area contributed by atoms with Crippen LogP contribution < -0.4 is 9.47 Å². The zero-order valence-corrected chi connectivity index (χ0v) is 11.2. The SMILES string of the molecule is CC.COc1ccnc(Oc2ccc(C)cc2)n1. The second kappa shape index (κ2) is 7.27. The number of ether oxygens (including phenoxy) is 2. The van der Waals surface area contributed by atoms with Crippen molar-refractivity contribution in [1.82, 2.24) is 9.97 Å². The normalized spacial score (nSPS) is 9.11. The number of benzene rings is 1. The third-order valence-electron chi connectivity index (χ3n) is 2.05. The lowest BCUT2D eigenvalue weighted by Crippen LogP contribution is -1.94. The second-order valence-electron chi connectivity index (χ2n) is 3.30. The molecule has 0 unspecified atom stereocenters. The molecule has 96 valence electrons. The fourth-order valence-electron chi connectivity index (χ4n) is 1.20. The van der Waals surface area contributed by atoms with E-state index in [1.807, 2.05) is 45.0 Å². The molecule has 0 bridgehead atoms. The standard InChI is InChI=1S/C12H12N2O2.C2H6/c1-9-3-5-10(6-4-9)16-12-13-8-7-11(14-12)15-2;1-2/h3-8H,1-2H3;1-2H3. The largest absolute Gasteiger partial charge is 0.481 e. The lowest BCUT2D eigenvalue weighted by atomic mass is 10.2. The Morgan fingerprint density at radius 1 is 1.00 bits per heavy atom. The van der Waals surface area contributed by atoms with E-state index < -0.39 is 0 Å². The van der Waals surface area contributed by atoms with Crippen molar-refractivity contribution >= 4 is 0 Å². The predicted octanol–water partition coefficient (Wildman–Crippen LogP) is 3.61. The van der Waals surface area contributed by atoms with Crippen molar-refractivity contribution in [2.75, 3.05) is 7.11 Å². The van der Waals surface area contributed by atoms with E-state index in [0.717, 1.165) is 0 Å². The van der Waals surface area contributed by atoms with E-state index in [9.17, 15) is 0 Å². The first kappa shape index (κ1) is 14.0. The predicted molar refractivity (Wildman–Crippen MR) is 71.2 cm³/mol. The van der Waals surface area contributed by atoms with Gasteiger partial charge in [0.25, 0.3) is 0 Å². The summed E-state index contributed by atoms with van der Waals surface area (Å²) in [7, 11) is 1.55. The topological polar surface area (TPSA) is 44.2 Å². The molecule has 0 radical (unpaired) electrons. The number of hydrogen-bond donors (Lipinski definition) is 0. The summed E-state index contributed by atoms with van der Waals surface area (Å²) in [6.45, 7) is 6.02. The maximum Gasteiger partial charge on any atom is 0.325 e. The van der Waals surface area contributed by atoms with Gasteiger partial charge in [0.2, 0.25) is 5.88 Å². The first-order chi connectivity index (χ1) is 8.78. The molecule has 0 atom stereocenters. The third-order valence-corrected chi connectivity index (χ3v) is 2.05. The molecule has 1 heterocycles. The van der Waals surface area contributed by atoms with Gasteiger partial charge >= 0.3 is 6.01 Å². The minimum atomic E-state index is 0.281. The van der Waals surface area contributed by atoms with Gasteiger partial charge in [-0.3, -0.25) is 0 Å². The zero-order valence-electron chi connectivity index (χ0n) is 11.2. The van der Waals surface area contributed by atoms with Gasteiger partial charge in [0, 0.05) is 12.3 Å². The van der Waals surface area contributed by atoms with Gasteiger partial charge in [0.15, 0.2) is 0 Å². The van der Waals surface area contributed by atoms with Gasteiger partial charge in [-0.05, 0) is 19.1 Å². The van der Waals surface area contributed by atoms with E-state index in [-0.39, 0.29) is 6.01 Å². The highest BCUT2D eigenvalue weighted by atomic mass is 16.5. The smallest absolute Gasteiger partial charge is 0.325 e. The molecule has 18 heavy (non-hydrogen) atoms. The van der Waals surface area contributed by atoms with E-state index in [0.29, 0.717) is 11.6 Å².